The van der Waals surface area contributed by atoms with Gasteiger partial charge in [-0.25, -0.2) is 0 Å². The minimum Gasteiger partial charge on any atom is -0.468 e. The molecular weight excluding hydrogens is 520 g/mol. The van der Waals surface area contributed by atoms with E-state index in [0.29, 0.717) is 5.56 Å². The van der Waals surface area contributed by atoms with Gasteiger partial charge in [-0.05, 0) is 55.4 Å². The number of nitro benzene ring substituents is 1. The quantitative estimate of drug-likeness (QED) is 0.288. The molecule has 208 valence electrons. The SMILES string of the molecule is COC(=O)CSC(C)(C)C(N)C(=O)N1Cc2cc([N+](=O)[O-])ccc2CC1C(=O)N[C@@H]1CCCc2ccccc21. The number of hydrogen-bond acceptors (Lipinski definition) is 8. The third-order valence-electron chi connectivity index (χ3n) is 7.61. The largest absolute Gasteiger partial charge is 0.468 e. The predicted octanol–water partition coefficient (Wildman–Crippen LogP) is 3.05. The van der Waals surface area contributed by atoms with Crippen molar-refractivity contribution in [2.24, 2.45) is 5.73 Å². The van der Waals surface area contributed by atoms with Gasteiger partial charge in [0.15, 0.2) is 0 Å². The third-order valence-corrected chi connectivity index (χ3v) is 8.99. The fraction of sp³-hybridized carbons (Fsp3) is 0.464. The van der Waals surface area contributed by atoms with Crippen LogP contribution in [0.15, 0.2) is 42.5 Å². The number of fused-ring (bicyclic) bond motifs is 2. The van der Waals surface area contributed by atoms with Crippen molar-refractivity contribution in [2.75, 3.05) is 12.9 Å². The number of nitrogens with zero attached hydrogens (tertiary/aromatic N) is 2. The summed E-state index contributed by atoms with van der Waals surface area (Å²) in [6, 6.07) is 10.5. The van der Waals surface area contributed by atoms with Crippen LogP contribution in [0.5, 0.6) is 0 Å². The van der Waals surface area contributed by atoms with Crippen molar-refractivity contribution in [3.05, 3.63) is 74.8 Å². The zero-order chi connectivity index (χ0) is 28.3. The molecule has 3 N–H and O–H groups in total. The van der Waals surface area contributed by atoms with E-state index in [2.05, 4.69) is 11.4 Å². The van der Waals surface area contributed by atoms with Crippen molar-refractivity contribution < 1.29 is 24.0 Å². The lowest BCUT2D eigenvalue weighted by Gasteiger charge is -2.41. The van der Waals surface area contributed by atoms with Gasteiger partial charge in [0.1, 0.15) is 6.04 Å². The first-order valence-corrected chi connectivity index (χ1v) is 13.9. The Hall–Kier alpha value is -3.44. The fourth-order valence-corrected chi connectivity index (χ4v) is 6.08. The van der Waals surface area contributed by atoms with Crippen LogP contribution in [-0.4, -0.2) is 57.3 Å². The number of non-ortho nitro benzene ring substituents is 1. The monoisotopic (exact) mass is 554 g/mol. The van der Waals surface area contributed by atoms with Crippen LogP contribution in [0.2, 0.25) is 0 Å². The molecular formula is C28H34N4O6S. The maximum Gasteiger partial charge on any atom is 0.315 e. The molecule has 10 nitrogen and oxygen atoms in total. The number of rotatable bonds is 8. The maximum absolute atomic E-state index is 13.9. The van der Waals surface area contributed by atoms with Gasteiger partial charge >= 0.3 is 5.97 Å². The summed E-state index contributed by atoms with van der Waals surface area (Å²) >= 11 is 1.20. The minimum absolute atomic E-state index is 0.0145. The van der Waals surface area contributed by atoms with Crippen molar-refractivity contribution in [3.63, 3.8) is 0 Å². The Morgan fingerprint density at radius 2 is 1.95 bits per heavy atom. The number of methoxy groups -OCH3 is 1. The average Bonchev–Trinajstić information content (AvgIpc) is 2.94. The lowest BCUT2D eigenvalue weighted by molar-refractivity contribution is -0.385. The molecule has 39 heavy (non-hydrogen) atoms. The number of thioether (sulfide) groups is 1. The molecule has 0 spiro atoms. The molecule has 0 fully saturated rings. The zero-order valence-corrected chi connectivity index (χ0v) is 23.2. The lowest BCUT2D eigenvalue weighted by atomic mass is 9.87. The van der Waals surface area contributed by atoms with Crippen LogP contribution >= 0.6 is 11.8 Å². The highest BCUT2D eigenvalue weighted by Gasteiger charge is 2.42. The molecule has 0 saturated heterocycles. The van der Waals surface area contributed by atoms with Gasteiger partial charge in [-0.3, -0.25) is 24.5 Å². The summed E-state index contributed by atoms with van der Waals surface area (Å²) in [5.41, 5.74) is 10.0. The molecule has 0 radical (unpaired) electrons. The molecule has 1 aliphatic carbocycles. The summed E-state index contributed by atoms with van der Waals surface area (Å²) in [6.07, 6.45) is 2.90. The Labute approximate surface area is 231 Å². The fourth-order valence-electron chi connectivity index (χ4n) is 5.19. The van der Waals surface area contributed by atoms with E-state index in [0.717, 1.165) is 30.4 Å². The van der Waals surface area contributed by atoms with Gasteiger partial charge < -0.3 is 20.7 Å². The Kier molecular flexibility index (Phi) is 8.60. The Balaban J connectivity index is 1.62. The normalized spacial score (nSPS) is 19.3. The molecule has 2 aromatic carbocycles. The maximum atomic E-state index is 13.9. The number of carbonyl (C=O) groups is 3. The van der Waals surface area contributed by atoms with Crippen molar-refractivity contribution in [3.8, 4) is 0 Å². The molecule has 0 saturated carbocycles. The number of benzene rings is 2. The number of nitro groups is 1. The van der Waals surface area contributed by atoms with Gasteiger partial charge in [0, 0.05) is 29.8 Å². The molecule has 2 aliphatic rings. The molecule has 1 aliphatic heterocycles. The average molecular weight is 555 g/mol. The summed E-state index contributed by atoms with van der Waals surface area (Å²) < 4.78 is 3.86. The molecule has 0 bridgehead atoms. The highest BCUT2D eigenvalue weighted by atomic mass is 32.2. The van der Waals surface area contributed by atoms with E-state index < -0.39 is 33.6 Å². The summed E-state index contributed by atoms with van der Waals surface area (Å²) in [5, 5.41) is 14.6. The number of amides is 2. The number of nitrogens with one attached hydrogen (secondary N) is 1. The van der Waals surface area contributed by atoms with Crippen LogP contribution < -0.4 is 11.1 Å². The van der Waals surface area contributed by atoms with Crippen LogP contribution in [0.4, 0.5) is 5.69 Å². The number of aryl methyl sites for hydroxylation is 1. The Morgan fingerprint density at radius 3 is 2.67 bits per heavy atom. The van der Waals surface area contributed by atoms with Crippen molar-refractivity contribution in [1.82, 2.24) is 10.2 Å². The van der Waals surface area contributed by atoms with Gasteiger partial charge in [-0.2, -0.15) is 0 Å². The van der Waals surface area contributed by atoms with Crippen LogP contribution in [0.3, 0.4) is 0 Å². The van der Waals surface area contributed by atoms with Crippen LogP contribution in [0.25, 0.3) is 0 Å². The second kappa shape index (κ2) is 11.7. The number of ether oxygens (including phenoxy) is 1. The highest BCUT2D eigenvalue weighted by Crippen LogP contribution is 2.34. The molecule has 2 aromatic rings. The van der Waals surface area contributed by atoms with E-state index in [-0.39, 0.29) is 36.4 Å². The topological polar surface area (TPSA) is 145 Å². The first-order chi connectivity index (χ1) is 18.5. The second-order valence-electron chi connectivity index (χ2n) is 10.5. The molecule has 2 unspecified atom stereocenters. The summed E-state index contributed by atoms with van der Waals surface area (Å²) in [6.45, 7) is 3.54. The highest BCUT2D eigenvalue weighted by molar-refractivity contribution is 8.01. The van der Waals surface area contributed by atoms with Gasteiger partial charge in [0.2, 0.25) is 11.8 Å². The van der Waals surface area contributed by atoms with Gasteiger partial charge in [0.25, 0.3) is 5.69 Å². The minimum atomic E-state index is -1.04. The Morgan fingerprint density at radius 1 is 1.21 bits per heavy atom. The number of carbonyl (C=O) groups excluding carboxylic acids is 3. The van der Waals surface area contributed by atoms with E-state index in [1.165, 1.54) is 41.5 Å². The van der Waals surface area contributed by atoms with Crippen LogP contribution in [0, 0.1) is 10.1 Å². The number of hydrogen-bond donors (Lipinski definition) is 2. The summed E-state index contributed by atoms with van der Waals surface area (Å²) in [4.78, 5) is 51.7. The molecule has 3 atom stereocenters. The molecule has 11 heteroatoms. The molecule has 4 rings (SSSR count). The van der Waals surface area contributed by atoms with Gasteiger partial charge in [0.05, 0.1) is 29.9 Å². The van der Waals surface area contributed by atoms with Crippen molar-refractivity contribution >= 4 is 35.2 Å². The second-order valence-corrected chi connectivity index (χ2v) is 12.1. The van der Waals surface area contributed by atoms with Crippen molar-refractivity contribution in [1.29, 1.82) is 0 Å². The summed E-state index contributed by atoms with van der Waals surface area (Å²) in [5.74, 6) is -1.17. The number of esters is 1. The van der Waals surface area contributed by atoms with E-state index in [1.807, 2.05) is 18.2 Å². The van der Waals surface area contributed by atoms with E-state index in [9.17, 15) is 24.5 Å². The van der Waals surface area contributed by atoms with Gasteiger partial charge in [-0.15, -0.1) is 11.8 Å². The standard InChI is InChI=1S/C28H34N4O6S/c1-28(2,39-16-24(33)38-3)25(29)27(35)31-15-19-13-20(32(36)37)12-11-18(19)14-23(31)26(34)30-22-10-6-8-17-7-4-5-9-21(17)22/h4-5,7,9,11-13,22-23,25H,6,8,10,14-16,29H2,1-3H3,(H,30,34)/t22-,23?,25?/m1/s1. The van der Waals surface area contributed by atoms with Crippen LogP contribution in [0.1, 0.15) is 55.0 Å². The van der Waals surface area contributed by atoms with Crippen molar-refractivity contribution in [2.45, 2.75) is 68.9 Å². The summed E-state index contributed by atoms with van der Waals surface area (Å²) in [7, 11) is 1.29. The molecule has 1 heterocycles. The first-order valence-electron chi connectivity index (χ1n) is 12.9. The first kappa shape index (κ1) is 28.6. The Bertz CT molecular complexity index is 1280. The molecule has 0 aromatic heterocycles. The predicted molar refractivity (Wildman–Crippen MR) is 148 cm³/mol. The third kappa shape index (κ3) is 6.25. The number of nitrogens with two attached hydrogens (primary N) is 1. The van der Waals surface area contributed by atoms with E-state index in [4.69, 9.17) is 10.5 Å². The zero-order valence-electron chi connectivity index (χ0n) is 22.3. The van der Waals surface area contributed by atoms with Crippen LogP contribution in [-0.2, 0) is 38.5 Å². The van der Waals surface area contributed by atoms with E-state index in [1.54, 1.807) is 19.9 Å². The smallest absolute Gasteiger partial charge is 0.315 e. The molecule has 2 amide bonds. The van der Waals surface area contributed by atoms with E-state index >= 15 is 0 Å². The lowest BCUT2D eigenvalue weighted by Crippen LogP contribution is -2.60. The van der Waals surface area contributed by atoms with Gasteiger partial charge in [-0.1, -0.05) is 30.3 Å².